The van der Waals surface area contributed by atoms with Crippen LogP contribution in [0, 0.1) is 18.3 Å². The Balaban J connectivity index is 1.81. The van der Waals surface area contributed by atoms with Crippen molar-refractivity contribution in [2.24, 2.45) is 0 Å². The number of nitriles is 1. The number of fused-ring (bicyclic) bond motifs is 7. The molecule has 0 unspecified atom stereocenters. The van der Waals surface area contributed by atoms with Crippen LogP contribution in [0.1, 0.15) is 35.5 Å². The molecule has 8 nitrogen and oxygen atoms in total. The first-order chi connectivity index (χ1) is 14.5. The predicted molar refractivity (Wildman–Crippen MR) is 111 cm³/mol. The summed E-state index contributed by atoms with van der Waals surface area (Å²) < 4.78 is 10.1. The van der Waals surface area contributed by atoms with Gasteiger partial charge in [-0.3, -0.25) is 0 Å². The Morgan fingerprint density at radius 1 is 1.23 bits per heavy atom. The van der Waals surface area contributed by atoms with E-state index in [0.29, 0.717) is 29.5 Å². The highest BCUT2D eigenvalue weighted by Crippen LogP contribution is 2.35. The molecule has 5 rings (SSSR count). The van der Waals surface area contributed by atoms with Gasteiger partial charge in [0.1, 0.15) is 12.2 Å². The van der Waals surface area contributed by atoms with E-state index in [1.165, 1.54) is 0 Å². The van der Waals surface area contributed by atoms with E-state index in [1.807, 2.05) is 41.3 Å². The molecule has 8 heteroatoms. The average Bonchev–Trinajstić information content (AvgIpc) is 3.36. The highest BCUT2D eigenvalue weighted by atomic mass is 16.5. The normalized spacial score (nSPS) is 14.9. The van der Waals surface area contributed by atoms with Crippen LogP contribution in [0.25, 0.3) is 16.9 Å². The van der Waals surface area contributed by atoms with Gasteiger partial charge in [0.2, 0.25) is 0 Å². The third-order valence-electron chi connectivity index (χ3n) is 5.31. The van der Waals surface area contributed by atoms with E-state index in [-0.39, 0.29) is 6.10 Å². The first-order valence-electron chi connectivity index (χ1n) is 9.56. The van der Waals surface area contributed by atoms with E-state index in [9.17, 15) is 5.26 Å². The van der Waals surface area contributed by atoms with Crippen LogP contribution in [0.4, 0.5) is 5.82 Å². The molecule has 0 aliphatic carbocycles. The van der Waals surface area contributed by atoms with Gasteiger partial charge in [-0.15, -0.1) is 0 Å². The minimum Gasteiger partial charge on any atom is -0.482 e. The van der Waals surface area contributed by atoms with Gasteiger partial charge in [0, 0.05) is 23.5 Å². The molecular formula is C22H19N7O. The van der Waals surface area contributed by atoms with Crippen LogP contribution < -0.4 is 10.5 Å². The maximum Gasteiger partial charge on any atom is 0.166 e. The number of rotatable bonds is 0. The summed E-state index contributed by atoms with van der Waals surface area (Å²) in [4.78, 5) is 8.59. The second-order valence-electron chi connectivity index (χ2n) is 7.35. The van der Waals surface area contributed by atoms with Gasteiger partial charge in [-0.25, -0.2) is 14.6 Å². The monoisotopic (exact) mass is 397 g/mol. The summed E-state index contributed by atoms with van der Waals surface area (Å²) in [5, 5.41) is 14.2. The molecule has 0 fully saturated rings. The number of imidazole rings is 1. The number of pyridine rings is 1. The Hall–Kier alpha value is -4.12. The van der Waals surface area contributed by atoms with Crippen LogP contribution in [-0.2, 0) is 6.54 Å². The Morgan fingerprint density at radius 3 is 2.93 bits per heavy atom. The minimum absolute atomic E-state index is 0.293. The molecule has 0 saturated heterocycles. The van der Waals surface area contributed by atoms with Crippen LogP contribution in [0.5, 0.6) is 5.75 Å². The van der Waals surface area contributed by atoms with Crippen molar-refractivity contribution in [3.63, 3.8) is 0 Å². The number of aryl methyl sites for hydroxylation is 1. The molecule has 2 N–H and O–H groups in total. The maximum atomic E-state index is 9.59. The molecule has 30 heavy (non-hydrogen) atoms. The Bertz CT molecular complexity index is 1310. The van der Waals surface area contributed by atoms with Gasteiger partial charge in [-0.05, 0) is 32.0 Å². The van der Waals surface area contributed by atoms with Crippen molar-refractivity contribution >= 4 is 5.82 Å². The van der Waals surface area contributed by atoms with Crippen LogP contribution in [0.15, 0.2) is 49.1 Å². The lowest BCUT2D eigenvalue weighted by molar-refractivity contribution is 0.227. The number of aromatic nitrogens is 5. The van der Waals surface area contributed by atoms with Crippen LogP contribution in [0.3, 0.4) is 0 Å². The fourth-order valence-electron chi connectivity index (χ4n) is 3.85. The van der Waals surface area contributed by atoms with Gasteiger partial charge >= 0.3 is 0 Å². The number of benzene rings is 1. The van der Waals surface area contributed by atoms with Crippen molar-refractivity contribution in [3.05, 3.63) is 71.6 Å². The van der Waals surface area contributed by atoms with E-state index in [2.05, 4.69) is 33.3 Å². The smallest absolute Gasteiger partial charge is 0.166 e. The molecule has 0 amide bonds. The molecule has 1 aliphatic rings. The van der Waals surface area contributed by atoms with Crippen molar-refractivity contribution < 1.29 is 4.74 Å². The summed E-state index contributed by atoms with van der Waals surface area (Å²) in [6.07, 6.45) is 4.77. The van der Waals surface area contributed by atoms with Crippen molar-refractivity contribution in [2.75, 3.05) is 5.73 Å². The molecule has 4 aromatic rings. The maximum absolute atomic E-state index is 9.59. The average molecular weight is 397 g/mol. The molecule has 3 aromatic heterocycles. The standard InChI is InChI=1S/C22H19N7O/c1-13-3-4-19-17(7-13)14(2)30-20-8-15(10-25-22(20)24)21-18(9-23)26-12-28(21)11-16-5-6-27-29(16)19/h3-8,10,12,14H,11H2,1-2H3,(H2,24,25)/t14-/m0/s1. The van der Waals surface area contributed by atoms with E-state index in [0.717, 1.165) is 28.1 Å². The zero-order valence-electron chi connectivity index (χ0n) is 16.6. The van der Waals surface area contributed by atoms with E-state index < -0.39 is 0 Å². The van der Waals surface area contributed by atoms with Gasteiger partial charge in [0.25, 0.3) is 0 Å². The third kappa shape index (κ3) is 2.79. The first kappa shape index (κ1) is 17.9. The summed E-state index contributed by atoms with van der Waals surface area (Å²) in [5.74, 6) is 0.756. The molecule has 1 aromatic carbocycles. The summed E-state index contributed by atoms with van der Waals surface area (Å²) >= 11 is 0. The fraction of sp³-hybridized carbons (Fsp3) is 0.182. The van der Waals surface area contributed by atoms with Crippen molar-refractivity contribution in [1.29, 1.82) is 5.26 Å². The SMILES string of the molecule is Cc1ccc2c(c1)[C@H](C)Oc1cc(cnc1N)-c1c(C#N)ncn1Cc1ccnn1-2. The molecule has 0 spiro atoms. The highest BCUT2D eigenvalue weighted by Gasteiger charge is 2.22. The summed E-state index contributed by atoms with van der Waals surface area (Å²) in [6, 6.07) is 12.1. The largest absolute Gasteiger partial charge is 0.482 e. The lowest BCUT2D eigenvalue weighted by Crippen LogP contribution is -2.14. The van der Waals surface area contributed by atoms with Crippen molar-refractivity contribution in [2.45, 2.75) is 26.5 Å². The third-order valence-corrected chi connectivity index (χ3v) is 5.31. The van der Waals surface area contributed by atoms with Gasteiger partial charge in [-0.1, -0.05) is 17.7 Å². The van der Waals surface area contributed by atoms with Crippen LogP contribution in [-0.4, -0.2) is 24.3 Å². The topological polar surface area (TPSA) is 108 Å². The lowest BCUT2D eigenvalue weighted by Gasteiger charge is -2.22. The van der Waals surface area contributed by atoms with Gasteiger partial charge < -0.3 is 15.0 Å². The number of nitrogen functional groups attached to an aromatic ring is 1. The Labute approximate surface area is 173 Å². The number of hydrogen-bond donors (Lipinski definition) is 1. The molecule has 0 saturated carbocycles. The molecule has 1 aliphatic heterocycles. The number of anilines is 1. The van der Waals surface area contributed by atoms with Crippen LogP contribution >= 0.6 is 0 Å². The molecule has 148 valence electrons. The second-order valence-corrected chi connectivity index (χ2v) is 7.35. The van der Waals surface area contributed by atoms with Gasteiger partial charge in [0.05, 0.1) is 29.9 Å². The highest BCUT2D eigenvalue weighted by molar-refractivity contribution is 5.69. The second kappa shape index (κ2) is 6.74. The van der Waals surface area contributed by atoms with E-state index in [4.69, 9.17) is 10.5 Å². The Morgan fingerprint density at radius 2 is 2.10 bits per heavy atom. The molecule has 1 atom stereocenters. The number of hydrogen-bond acceptors (Lipinski definition) is 6. The number of ether oxygens (including phenoxy) is 1. The van der Waals surface area contributed by atoms with Gasteiger partial charge in [0.15, 0.2) is 17.3 Å². The van der Waals surface area contributed by atoms with Gasteiger partial charge in [-0.2, -0.15) is 10.4 Å². The predicted octanol–water partition coefficient (Wildman–Crippen LogP) is 3.39. The molecule has 2 bridgehead atoms. The van der Waals surface area contributed by atoms with E-state index in [1.54, 1.807) is 18.7 Å². The zero-order chi connectivity index (χ0) is 20.8. The van der Waals surface area contributed by atoms with E-state index >= 15 is 0 Å². The summed E-state index contributed by atoms with van der Waals surface area (Å²) in [6.45, 7) is 4.52. The summed E-state index contributed by atoms with van der Waals surface area (Å²) in [5.41, 5.74) is 11.8. The molecular weight excluding hydrogens is 378 g/mol. The zero-order valence-corrected chi connectivity index (χ0v) is 16.6. The summed E-state index contributed by atoms with van der Waals surface area (Å²) in [7, 11) is 0. The number of nitrogens with two attached hydrogens (primary N) is 1. The quantitative estimate of drug-likeness (QED) is 0.487. The first-order valence-corrected chi connectivity index (χ1v) is 9.56. The fourth-order valence-corrected chi connectivity index (χ4v) is 3.85. The van der Waals surface area contributed by atoms with Crippen LogP contribution in [0.2, 0.25) is 0 Å². The Kier molecular flexibility index (Phi) is 4.03. The van der Waals surface area contributed by atoms with Crippen molar-refractivity contribution in [1.82, 2.24) is 24.3 Å². The number of nitrogens with zero attached hydrogens (tertiary/aromatic N) is 6. The molecule has 4 heterocycles. The minimum atomic E-state index is -0.295. The lowest BCUT2D eigenvalue weighted by atomic mass is 10.0. The molecule has 0 radical (unpaired) electrons. The van der Waals surface area contributed by atoms with Crippen molar-refractivity contribution in [3.8, 4) is 28.8 Å².